The van der Waals surface area contributed by atoms with Crippen LogP contribution >= 0.6 is 0 Å². The lowest BCUT2D eigenvalue weighted by molar-refractivity contribution is 0.0624. The van der Waals surface area contributed by atoms with Crippen molar-refractivity contribution in [2.45, 2.75) is 37.5 Å². The number of aliphatic hydroxyl groups is 1. The predicted octanol–water partition coefficient (Wildman–Crippen LogP) is 1.75. The van der Waals surface area contributed by atoms with Gasteiger partial charge in [-0.3, -0.25) is 0 Å². The van der Waals surface area contributed by atoms with Crippen molar-refractivity contribution in [3.05, 3.63) is 29.8 Å². The number of hydrogen-bond acceptors (Lipinski definition) is 4. The average molecular weight is 247 g/mol. The second-order valence-corrected chi connectivity index (χ2v) is 4.85. The van der Waals surface area contributed by atoms with Crippen molar-refractivity contribution in [2.24, 2.45) is 4.99 Å². The van der Waals surface area contributed by atoms with Crippen molar-refractivity contribution in [3.8, 4) is 5.75 Å². The van der Waals surface area contributed by atoms with Gasteiger partial charge >= 0.3 is 0 Å². The minimum atomic E-state index is -0.228. The molecule has 1 heterocycles. The van der Waals surface area contributed by atoms with E-state index in [4.69, 9.17) is 9.47 Å². The third-order valence-electron chi connectivity index (χ3n) is 3.61. The summed E-state index contributed by atoms with van der Waals surface area (Å²) in [5.41, 5.74) is 0.972. The Bertz CT molecular complexity index is 455. The van der Waals surface area contributed by atoms with Gasteiger partial charge in [0.25, 0.3) is 0 Å². The first kappa shape index (κ1) is 11.5. The largest absolute Gasteiger partial charge is 0.497 e. The fraction of sp³-hybridized carbons (Fsp3) is 0.500. The molecule has 18 heavy (non-hydrogen) atoms. The van der Waals surface area contributed by atoms with Gasteiger partial charge in [0, 0.05) is 5.56 Å². The molecule has 1 aliphatic carbocycles. The molecule has 3 atom stereocenters. The molecule has 3 rings (SSSR count). The quantitative estimate of drug-likeness (QED) is 0.866. The van der Waals surface area contributed by atoms with E-state index in [0.29, 0.717) is 12.3 Å². The molecular formula is C14H17NO3. The fourth-order valence-corrected chi connectivity index (χ4v) is 2.57. The van der Waals surface area contributed by atoms with E-state index in [1.807, 2.05) is 24.3 Å². The minimum Gasteiger partial charge on any atom is -0.497 e. The van der Waals surface area contributed by atoms with Crippen molar-refractivity contribution in [3.63, 3.8) is 0 Å². The molecule has 4 nitrogen and oxygen atoms in total. The van der Waals surface area contributed by atoms with Gasteiger partial charge in [-0.05, 0) is 43.5 Å². The Morgan fingerprint density at radius 3 is 2.78 bits per heavy atom. The number of aliphatic imine (C=N–C) groups is 1. The molecule has 4 heteroatoms. The van der Waals surface area contributed by atoms with Gasteiger partial charge in [0.2, 0.25) is 5.90 Å². The molecular weight excluding hydrogens is 230 g/mol. The molecule has 0 spiro atoms. The molecule has 1 fully saturated rings. The molecule has 1 aliphatic heterocycles. The predicted molar refractivity (Wildman–Crippen MR) is 68.0 cm³/mol. The lowest BCUT2D eigenvalue weighted by Gasteiger charge is -2.25. The average Bonchev–Trinajstić information content (AvgIpc) is 2.81. The highest BCUT2D eigenvalue weighted by Gasteiger charge is 2.36. The highest BCUT2D eigenvalue weighted by Crippen LogP contribution is 2.30. The zero-order valence-electron chi connectivity index (χ0n) is 10.4. The molecule has 0 saturated heterocycles. The molecule has 1 aromatic rings. The Balaban J connectivity index is 1.78. The highest BCUT2D eigenvalue weighted by molar-refractivity contribution is 5.95. The molecule has 1 N–H and O–H groups in total. The van der Waals surface area contributed by atoms with Gasteiger partial charge in [0.15, 0.2) is 0 Å². The maximum atomic E-state index is 9.64. The molecule has 0 radical (unpaired) electrons. The summed E-state index contributed by atoms with van der Waals surface area (Å²) in [5, 5.41) is 9.64. The Morgan fingerprint density at radius 1 is 1.28 bits per heavy atom. The van der Waals surface area contributed by atoms with Gasteiger partial charge in [0.1, 0.15) is 11.9 Å². The van der Waals surface area contributed by atoms with Crippen LogP contribution in [0.1, 0.15) is 24.8 Å². The molecule has 1 aromatic carbocycles. The maximum absolute atomic E-state index is 9.64. The minimum absolute atomic E-state index is 0.117. The van der Waals surface area contributed by atoms with E-state index < -0.39 is 0 Å². The van der Waals surface area contributed by atoms with Crippen LogP contribution in [0, 0.1) is 0 Å². The van der Waals surface area contributed by atoms with E-state index in [-0.39, 0.29) is 18.2 Å². The number of hydrogen-bond donors (Lipinski definition) is 1. The maximum Gasteiger partial charge on any atom is 0.216 e. The van der Waals surface area contributed by atoms with E-state index in [1.165, 1.54) is 0 Å². The van der Waals surface area contributed by atoms with Crippen LogP contribution in [0.5, 0.6) is 5.75 Å². The van der Waals surface area contributed by atoms with Gasteiger partial charge in [-0.1, -0.05) is 0 Å². The molecule has 3 unspecified atom stereocenters. The van der Waals surface area contributed by atoms with Gasteiger partial charge in [-0.25, -0.2) is 4.99 Å². The molecule has 0 aromatic heterocycles. The SMILES string of the molecule is COc1ccc(C2=NC3CC(O)CCC3O2)cc1. The van der Waals surface area contributed by atoms with Crippen molar-refractivity contribution in [1.29, 1.82) is 0 Å². The van der Waals surface area contributed by atoms with Crippen LogP contribution in [0.15, 0.2) is 29.3 Å². The Hall–Kier alpha value is -1.55. The number of rotatable bonds is 2. The zero-order chi connectivity index (χ0) is 12.5. The Morgan fingerprint density at radius 2 is 2.06 bits per heavy atom. The van der Waals surface area contributed by atoms with Crippen LogP contribution in [0.2, 0.25) is 0 Å². The third kappa shape index (κ3) is 2.08. The van der Waals surface area contributed by atoms with Gasteiger partial charge in [-0.15, -0.1) is 0 Å². The number of fused-ring (bicyclic) bond motifs is 1. The summed E-state index contributed by atoms with van der Waals surface area (Å²) in [7, 11) is 1.65. The van der Waals surface area contributed by atoms with E-state index in [2.05, 4.69) is 4.99 Å². The Labute approximate surface area is 106 Å². The summed E-state index contributed by atoms with van der Waals surface area (Å²) in [5.74, 6) is 1.52. The second kappa shape index (κ2) is 4.61. The van der Waals surface area contributed by atoms with E-state index in [0.717, 1.165) is 24.2 Å². The van der Waals surface area contributed by atoms with Gasteiger partial charge in [0.05, 0.1) is 19.3 Å². The van der Waals surface area contributed by atoms with Crippen LogP contribution in [0.3, 0.4) is 0 Å². The van der Waals surface area contributed by atoms with Crippen LogP contribution in [-0.2, 0) is 4.74 Å². The first-order chi connectivity index (χ1) is 8.76. The van der Waals surface area contributed by atoms with E-state index in [9.17, 15) is 5.11 Å². The number of methoxy groups -OCH3 is 1. The highest BCUT2D eigenvalue weighted by atomic mass is 16.5. The number of benzene rings is 1. The normalized spacial score (nSPS) is 30.3. The first-order valence-corrected chi connectivity index (χ1v) is 6.33. The van der Waals surface area contributed by atoms with Gasteiger partial charge < -0.3 is 14.6 Å². The molecule has 0 amide bonds. The van der Waals surface area contributed by atoms with Crippen LogP contribution in [0.25, 0.3) is 0 Å². The zero-order valence-corrected chi connectivity index (χ0v) is 10.4. The lowest BCUT2D eigenvalue weighted by atomic mass is 9.91. The van der Waals surface area contributed by atoms with Crippen molar-refractivity contribution in [1.82, 2.24) is 0 Å². The van der Waals surface area contributed by atoms with Crippen molar-refractivity contribution in [2.75, 3.05) is 7.11 Å². The number of aliphatic hydroxyl groups excluding tert-OH is 1. The van der Waals surface area contributed by atoms with Crippen LogP contribution in [0.4, 0.5) is 0 Å². The molecule has 0 bridgehead atoms. The fourth-order valence-electron chi connectivity index (χ4n) is 2.57. The van der Waals surface area contributed by atoms with E-state index >= 15 is 0 Å². The summed E-state index contributed by atoms with van der Waals surface area (Å²) >= 11 is 0. The summed E-state index contributed by atoms with van der Waals surface area (Å²) in [6.07, 6.45) is 2.32. The Kier molecular flexibility index (Phi) is 2.96. The lowest BCUT2D eigenvalue weighted by Crippen LogP contribution is -2.33. The number of ether oxygens (including phenoxy) is 2. The topological polar surface area (TPSA) is 51.0 Å². The van der Waals surface area contributed by atoms with Crippen molar-refractivity contribution < 1.29 is 14.6 Å². The van der Waals surface area contributed by atoms with Crippen LogP contribution in [-0.4, -0.2) is 36.4 Å². The second-order valence-electron chi connectivity index (χ2n) is 4.85. The summed E-state index contributed by atoms with van der Waals surface area (Å²) in [6.45, 7) is 0. The van der Waals surface area contributed by atoms with Crippen molar-refractivity contribution >= 4 is 5.90 Å². The van der Waals surface area contributed by atoms with Gasteiger partial charge in [-0.2, -0.15) is 0 Å². The smallest absolute Gasteiger partial charge is 0.216 e. The molecule has 96 valence electrons. The number of nitrogens with zero attached hydrogens (tertiary/aromatic N) is 1. The third-order valence-corrected chi connectivity index (χ3v) is 3.61. The molecule has 2 aliphatic rings. The first-order valence-electron chi connectivity index (χ1n) is 6.33. The molecule has 1 saturated carbocycles. The summed E-state index contributed by atoms with van der Waals surface area (Å²) in [4.78, 5) is 4.58. The summed E-state index contributed by atoms with van der Waals surface area (Å²) in [6, 6.07) is 7.82. The monoisotopic (exact) mass is 247 g/mol. The summed E-state index contributed by atoms with van der Waals surface area (Å²) < 4.78 is 11.0. The standard InChI is InChI=1S/C14H17NO3/c1-17-11-5-2-9(3-6-11)14-15-12-8-10(16)4-7-13(12)18-14/h2-3,5-6,10,12-13,16H,4,7-8H2,1H3. The van der Waals surface area contributed by atoms with Crippen LogP contribution < -0.4 is 4.74 Å². The van der Waals surface area contributed by atoms with E-state index in [1.54, 1.807) is 7.11 Å².